The third-order valence-electron chi connectivity index (χ3n) is 3.09. The minimum absolute atomic E-state index is 0.115. The largest absolute Gasteiger partial charge is 0.486 e. The summed E-state index contributed by atoms with van der Waals surface area (Å²) >= 11 is 0. The summed E-state index contributed by atoms with van der Waals surface area (Å²) in [4.78, 5) is 11.7. The molecule has 2 atom stereocenters. The lowest BCUT2D eigenvalue weighted by Gasteiger charge is -2.27. The van der Waals surface area contributed by atoms with E-state index < -0.39 is 6.04 Å². The molecule has 1 aromatic rings. The van der Waals surface area contributed by atoms with Crippen LogP contribution in [0.1, 0.15) is 13.8 Å². The second-order valence-corrected chi connectivity index (χ2v) is 5.01. The van der Waals surface area contributed by atoms with Crippen molar-refractivity contribution in [2.24, 2.45) is 11.7 Å². The van der Waals surface area contributed by atoms with Crippen molar-refractivity contribution in [3.63, 3.8) is 0 Å². The maximum atomic E-state index is 11.7. The molecular weight excluding hydrogens is 244 g/mol. The Labute approximate surface area is 113 Å². The molecule has 1 amide bonds. The van der Waals surface area contributed by atoms with E-state index >= 15 is 0 Å². The van der Waals surface area contributed by atoms with E-state index in [1.165, 1.54) is 0 Å². The van der Waals surface area contributed by atoms with E-state index in [2.05, 4.69) is 5.32 Å². The standard InChI is InChI=1S/C14H20N2O3/c1-9(2)13(15)14(17)16-7-10-8-18-11-5-3-4-6-12(11)19-10/h3-6,9-10,13H,7-8,15H2,1-2H3,(H,16,17)/t10?,13-/m0/s1. The molecule has 104 valence electrons. The summed E-state index contributed by atoms with van der Waals surface area (Å²) in [7, 11) is 0. The van der Waals surface area contributed by atoms with Gasteiger partial charge in [-0.1, -0.05) is 26.0 Å². The van der Waals surface area contributed by atoms with Crippen LogP contribution in [0.4, 0.5) is 0 Å². The number of amides is 1. The van der Waals surface area contributed by atoms with Crippen LogP contribution in [0.15, 0.2) is 24.3 Å². The van der Waals surface area contributed by atoms with Crippen molar-refractivity contribution in [3.8, 4) is 11.5 Å². The van der Waals surface area contributed by atoms with Crippen LogP contribution in [0.25, 0.3) is 0 Å². The zero-order valence-corrected chi connectivity index (χ0v) is 11.3. The quantitative estimate of drug-likeness (QED) is 0.848. The van der Waals surface area contributed by atoms with Crippen LogP contribution in [-0.4, -0.2) is 31.2 Å². The van der Waals surface area contributed by atoms with E-state index in [-0.39, 0.29) is 17.9 Å². The molecule has 0 aliphatic carbocycles. The summed E-state index contributed by atoms with van der Waals surface area (Å²) < 4.78 is 11.3. The summed E-state index contributed by atoms with van der Waals surface area (Å²) in [6.45, 7) is 4.66. The number of rotatable bonds is 4. The molecule has 5 nitrogen and oxygen atoms in total. The Morgan fingerprint density at radius 2 is 2.11 bits per heavy atom. The molecule has 3 N–H and O–H groups in total. The van der Waals surface area contributed by atoms with Crippen molar-refractivity contribution in [3.05, 3.63) is 24.3 Å². The van der Waals surface area contributed by atoms with Gasteiger partial charge in [0, 0.05) is 0 Å². The van der Waals surface area contributed by atoms with Gasteiger partial charge in [0.1, 0.15) is 12.7 Å². The van der Waals surface area contributed by atoms with Crippen molar-refractivity contribution in [2.45, 2.75) is 26.0 Å². The molecule has 1 aromatic carbocycles. The molecule has 5 heteroatoms. The minimum Gasteiger partial charge on any atom is -0.486 e. The fourth-order valence-electron chi connectivity index (χ4n) is 1.80. The molecule has 0 bridgehead atoms. The Kier molecular flexibility index (Phi) is 4.27. The molecule has 0 saturated carbocycles. The minimum atomic E-state index is -0.489. The van der Waals surface area contributed by atoms with Gasteiger partial charge in [-0.15, -0.1) is 0 Å². The molecule has 1 aliphatic rings. The van der Waals surface area contributed by atoms with Gasteiger partial charge in [-0.05, 0) is 18.1 Å². The molecule has 19 heavy (non-hydrogen) atoms. The van der Waals surface area contributed by atoms with Crippen molar-refractivity contribution in [2.75, 3.05) is 13.2 Å². The van der Waals surface area contributed by atoms with Gasteiger partial charge in [0.15, 0.2) is 11.5 Å². The van der Waals surface area contributed by atoms with Gasteiger partial charge in [-0.25, -0.2) is 0 Å². The highest BCUT2D eigenvalue weighted by Gasteiger charge is 2.23. The van der Waals surface area contributed by atoms with Crippen molar-refractivity contribution >= 4 is 5.91 Å². The maximum Gasteiger partial charge on any atom is 0.237 e. The summed E-state index contributed by atoms with van der Waals surface area (Å²) in [6, 6.07) is 7.00. The number of carbonyl (C=O) groups is 1. The van der Waals surface area contributed by atoms with E-state index in [1.807, 2.05) is 38.1 Å². The predicted molar refractivity (Wildman–Crippen MR) is 72.2 cm³/mol. The second-order valence-electron chi connectivity index (χ2n) is 5.01. The van der Waals surface area contributed by atoms with Crippen LogP contribution in [-0.2, 0) is 4.79 Å². The molecule has 0 saturated heterocycles. The molecular formula is C14H20N2O3. The number of carbonyl (C=O) groups excluding carboxylic acids is 1. The normalized spacial score (nSPS) is 19.1. The van der Waals surface area contributed by atoms with Gasteiger partial charge < -0.3 is 20.5 Å². The fourth-order valence-corrected chi connectivity index (χ4v) is 1.80. The van der Waals surface area contributed by atoms with Crippen LogP contribution in [0.3, 0.4) is 0 Å². The predicted octanol–water partition coefficient (Wildman–Crippen LogP) is 0.926. The monoisotopic (exact) mass is 264 g/mol. The fraction of sp³-hybridized carbons (Fsp3) is 0.500. The molecule has 0 fully saturated rings. The number of nitrogens with two attached hydrogens (primary N) is 1. The average molecular weight is 264 g/mol. The third-order valence-corrected chi connectivity index (χ3v) is 3.09. The third kappa shape index (κ3) is 3.38. The number of nitrogens with one attached hydrogen (secondary N) is 1. The Balaban J connectivity index is 1.84. The molecule has 1 aliphatic heterocycles. The van der Waals surface area contributed by atoms with Crippen molar-refractivity contribution in [1.29, 1.82) is 0 Å². The van der Waals surface area contributed by atoms with Crippen LogP contribution >= 0.6 is 0 Å². The van der Waals surface area contributed by atoms with E-state index in [0.717, 1.165) is 5.75 Å². The number of hydrogen-bond donors (Lipinski definition) is 2. The smallest absolute Gasteiger partial charge is 0.237 e. The number of ether oxygens (including phenoxy) is 2. The van der Waals surface area contributed by atoms with Crippen LogP contribution in [0.5, 0.6) is 11.5 Å². The van der Waals surface area contributed by atoms with Crippen molar-refractivity contribution in [1.82, 2.24) is 5.32 Å². The zero-order valence-electron chi connectivity index (χ0n) is 11.3. The van der Waals surface area contributed by atoms with Gasteiger partial charge in [0.05, 0.1) is 12.6 Å². The van der Waals surface area contributed by atoms with Gasteiger partial charge in [0.2, 0.25) is 5.91 Å². The zero-order chi connectivity index (χ0) is 13.8. The SMILES string of the molecule is CC(C)[C@H](N)C(=O)NCC1COc2ccccc2O1. The van der Waals surface area contributed by atoms with Gasteiger partial charge in [-0.3, -0.25) is 4.79 Å². The lowest BCUT2D eigenvalue weighted by Crippen LogP contribution is -2.48. The number of hydrogen-bond acceptors (Lipinski definition) is 4. The summed E-state index contributed by atoms with van der Waals surface area (Å²) in [5, 5.41) is 2.80. The number of para-hydroxylation sites is 2. The van der Waals surface area contributed by atoms with Gasteiger partial charge in [-0.2, -0.15) is 0 Å². The molecule has 2 rings (SSSR count). The van der Waals surface area contributed by atoms with E-state index in [0.29, 0.717) is 18.9 Å². The Morgan fingerprint density at radius 3 is 2.79 bits per heavy atom. The van der Waals surface area contributed by atoms with Gasteiger partial charge >= 0.3 is 0 Å². The van der Waals surface area contributed by atoms with Crippen LogP contribution in [0.2, 0.25) is 0 Å². The Bertz CT molecular complexity index is 448. The molecule has 0 radical (unpaired) electrons. The Hall–Kier alpha value is -1.75. The highest BCUT2D eigenvalue weighted by atomic mass is 16.6. The number of benzene rings is 1. The first-order chi connectivity index (χ1) is 9.08. The first-order valence-corrected chi connectivity index (χ1v) is 6.49. The lowest BCUT2D eigenvalue weighted by atomic mass is 10.1. The Morgan fingerprint density at radius 1 is 1.42 bits per heavy atom. The van der Waals surface area contributed by atoms with Crippen LogP contribution < -0.4 is 20.5 Å². The summed E-state index contributed by atoms with van der Waals surface area (Å²) in [6.07, 6.45) is -0.182. The highest BCUT2D eigenvalue weighted by molar-refractivity contribution is 5.81. The summed E-state index contributed by atoms with van der Waals surface area (Å²) in [5.41, 5.74) is 5.77. The van der Waals surface area contributed by atoms with E-state index in [4.69, 9.17) is 15.2 Å². The van der Waals surface area contributed by atoms with E-state index in [1.54, 1.807) is 0 Å². The molecule has 1 unspecified atom stereocenters. The maximum absolute atomic E-state index is 11.7. The molecule has 1 heterocycles. The second kappa shape index (κ2) is 5.93. The topological polar surface area (TPSA) is 73.6 Å². The highest BCUT2D eigenvalue weighted by Crippen LogP contribution is 2.30. The first kappa shape index (κ1) is 13.7. The first-order valence-electron chi connectivity index (χ1n) is 6.49. The van der Waals surface area contributed by atoms with Crippen LogP contribution in [0, 0.1) is 5.92 Å². The van der Waals surface area contributed by atoms with Gasteiger partial charge in [0.25, 0.3) is 0 Å². The molecule has 0 aromatic heterocycles. The molecule has 0 spiro atoms. The summed E-state index contributed by atoms with van der Waals surface area (Å²) in [5.74, 6) is 1.41. The average Bonchev–Trinajstić information content (AvgIpc) is 2.43. The lowest BCUT2D eigenvalue weighted by molar-refractivity contribution is -0.123. The number of fused-ring (bicyclic) bond motifs is 1. The van der Waals surface area contributed by atoms with Crippen molar-refractivity contribution < 1.29 is 14.3 Å². The van der Waals surface area contributed by atoms with E-state index in [9.17, 15) is 4.79 Å².